The van der Waals surface area contributed by atoms with Crippen molar-refractivity contribution in [2.45, 2.75) is 9.79 Å². The topological polar surface area (TPSA) is 18.5 Å². The van der Waals surface area contributed by atoms with Crippen molar-refractivity contribution in [3.8, 4) is 11.5 Å². The first-order valence-corrected chi connectivity index (χ1v) is 6.10. The van der Waals surface area contributed by atoms with E-state index in [1.54, 1.807) is 26.0 Å². The molecule has 0 bridgehead atoms. The largest absolute Gasteiger partial charge is 1.00 e. The van der Waals surface area contributed by atoms with Crippen LogP contribution in [0, 0.1) is 0 Å². The van der Waals surface area contributed by atoms with Gasteiger partial charge in [0.25, 0.3) is 0 Å². The van der Waals surface area contributed by atoms with Gasteiger partial charge >= 0.3 is 18.9 Å². The summed E-state index contributed by atoms with van der Waals surface area (Å²) < 4.78 is 10.7. The predicted octanol–water partition coefficient (Wildman–Crippen LogP) is 0.971. The number of methoxy groups -OCH3 is 2. The molecule has 0 fully saturated rings. The van der Waals surface area contributed by atoms with Crippen molar-refractivity contribution in [1.29, 1.82) is 0 Å². The van der Waals surface area contributed by atoms with E-state index in [4.69, 9.17) is 9.47 Å². The Kier molecular flexibility index (Phi) is 6.21. The predicted molar refractivity (Wildman–Crippen MR) is 71.2 cm³/mol. The summed E-state index contributed by atoms with van der Waals surface area (Å²) in [6.45, 7) is 0. The molecule has 0 aliphatic carbocycles. The molecule has 2 rings (SSSR count). The van der Waals surface area contributed by atoms with E-state index in [0.717, 1.165) is 21.3 Å². The van der Waals surface area contributed by atoms with Crippen LogP contribution in [0.25, 0.3) is 0 Å². The van der Waals surface area contributed by atoms with Gasteiger partial charge in [-0.1, -0.05) is 36.0 Å². The van der Waals surface area contributed by atoms with Crippen molar-refractivity contribution in [2.24, 2.45) is 0 Å². The van der Waals surface area contributed by atoms with Crippen molar-refractivity contribution < 1.29 is 29.8 Å². The molecule has 0 heterocycles. The fourth-order valence-corrected chi connectivity index (χ4v) is 2.56. The molecular weight excluding hydrogens is 239 g/mol. The van der Waals surface area contributed by atoms with E-state index in [2.05, 4.69) is 0 Å². The summed E-state index contributed by atoms with van der Waals surface area (Å²) in [6.07, 6.45) is 0. The average Bonchev–Trinajstić information content (AvgIpc) is 2.40. The van der Waals surface area contributed by atoms with E-state index in [1.165, 1.54) is 0 Å². The van der Waals surface area contributed by atoms with E-state index in [1.807, 2.05) is 48.5 Å². The quantitative estimate of drug-likeness (QED) is 0.758. The molecule has 0 spiro atoms. The van der Waals surface area contributed by atoms with Gasteiger partial charge in [0.05, 0.1) is 24.0 Å². The molecule has 0 saturated carbocycles. The van der Waals surface area contributed by atoms with Gasteiger partial charge < -0.3 is 10.9 Å². The average molecular weight is 254 g/mol. The summed E-state index contributed by atoms with van der Waals surface area (Å²) in [5, 5.41) is 0. The Morgan fingerprint density at radius 3 is 1.56 bits per heavy atom. The first-order valence-electron chi connectivity index (χ1n) is 5.29. The van der Waals surface area contributed by atoms with Gasteiger partial charge in [-0.25, -0.2) is 0 Å². The Morgan fingerprint density at radius 1 is 0.778 bits per heavy atom. The molecule has 4 heteroatoms. The summed E-state index contributed by atoms with van der Waals surface area (Å²) in [5.41, 5.74) is 0. The number of ether oxygens (including phenoxy) is 2. The number of rotatable bonds is 4. The normalized spacial score (nSPS) is 9.44. The zero-order valence-corrected chi connectivity index (χ0v) is 11.7. The second-order valence-electron chi connectivity index (χ2n) is 3.40. The maximum Gasteiger partial charge on any atom is 1.00 e. The SMILES string of the molecule is COc1ccccc1Sc1ccccc1OC.[H-].[Li+]. The molecule has 2 aromatic rings. The second kappa shape index (κ2) is 7.43. The van der Waals surface area contributed by atoms with Crippen LogP contribution in [0.1, 0.15) is 1.43 Å². The van der Waals surface area contributed by atoms with Gasteiger partial charge in [0.15, 0.2) is 0 Å². The molecule has 0 aliphatic heterocycles. The Balaban J connectivity index is 0.00000162. The summed E-state index contributed by atoms with van der Waals surface area (Å²) >= 11 is 1.64. The smallest absolute Gasteiger partial charge is 1.00 e. The fraction of sp³-hybridized carbons (Fsp3) is 0.143. The second-order valence-corrected chi connectivity index (χ2v) is 4.49. The van der Waals surface area contributed by atoms with Gasteiger partial charge in [-0.05, 0) is 24.3 Å². The van der Waals surface area contributed by atoms with Crippen molar-refractivity contribution >= 4 is 11.8 Å². The minimum Gasteiger partial charge on any atom is -1.00 e. The van der Waals surface area contributed by atoms with Gasteiger partial charge in [0.1, 0.15) is 11.5 Å². The van der Waals surface area contributed by atoms with E-state index < -0.39 is 0 Å². The van der Waals surface area contributed by atoms with Crippen LogP contribution in [0.2, 0.25) is 0 Å². The Labute approximate surface area is 125 Å². The van der Waals surface area contributed by atoms with Gasteiger partial charge in [-0.3, -0.25) is 0 Å². The Morgan fingerprint density at radius 2 is 1.17 bits per heavy atom. The summed E-state index contributed by atoms with van der Waals surface area (Å²) in [7, 11) is 3.36. The molecule has 0 radical (unpaired) electrons. The number of benzene rings is 2. The van der Waals surface area contributed by atoms with Gasteiger partial charge in [-0.15, -0.1) is 0 Å². The molecule has 0 unspecified atom stereocenters. The molecule has 90 valence electrons. The molecule has 18 heavy (non-hydrogen) atoms. The molecule has 0 aromatic heterocycles. The van der Waals surface area contributed by atoms with Crippen LogP contribution in [-0.2, 0) is 0 Å². The molecule has 0 atom stereocenters. The molecule has 2 nitrogen and oxygen atoms in total. The van der Waals surface area contributed by atoms with Crippen LogP contribution < -0.4 is 28.3 Å². The number of hydrogen-bond acceptors (Lipinski definition) is 3. The first-order chi connectivity index (χ1) is 8.35. The maximum atomic E-state index is 5.33. The van der Waals surface area contributed by atoms with E-state index in [9.17, 15) is 0 Å². The third-order valence-corrected chi connectivity index (χ3v) is 3.47. The Bertz CT molecular complexity index is 463. The maximum absolute atomic E-state index is 5.33. The zero-order valence-electron chi connectivity index (χ0n) is 11.8. The van der Waals surface area contributed by atoms with Gasteiger partial charge in [-0.2, -0.15) is 0 Å². The van der Waals surface area contributed by atoms with Crippen molar-refractivity contribution in [2.75, 3.05) is 14.2 Å². The first kappa shape index (κ1) is 15.0. The molecule has 0 N–H and O–H groups in total. The van der Waals surface area contributed by atoms with Crippen LogP contribution in [0.3, 0.4) is 0 Å². The molecular formula is C14H15LiO2S. The summed E-state index contributed by atoms with van der Waals surface area (Å²) in [6, 6.07) is 15.9. The Hall–Kier alpha value is -1.01. The van der Waals surface area contributed by atoms with Crippen LogP contribution in [0.15, 0.2) is 58.3 Å². The van der Waals surface area contributed by atoms with Crippen molar-refractivity contribution in [3.63, 3.8) is 0 Å². The van der Waals surface area contributed by atoms with Crippen molar-refractivity contribution in [3.05, 3.63) is 48.5 Å². The van der Waals surface area contributed by atoms with Crippen LogP contribution in [0.4, 0.5) is 0 Å². The summed E-state index contributed by atoms with van der Waals surface area (Å²) in [5.74, 6) is 1.76. The van der Waals surface area contributed by atoms with Gasteiger partial charge in [0.2, 0.25) is 0 Å². The van der Waals surface area contributed by atoms with Crippen molar-refractivity contribution in [1.82, 2.24) is 0 Å². The molecule has 0 aliphatic rings. The monoisotopic (exact) mass is 254 g/mol. The molecule has 0 amide bonds. The third kappa shape index (κ3) is 3.49. The number of hydrogen-bond donors (Lipinski definition) is 0. The van der Waals surface area contributed by atoms with Gasteiger partial charge in [0, 0.05) is 0 Å². The van der Waals surface area contributed by atoms with E-state index in [0.29, 0.717) is 0 Å². The zero-order chi connectivity index (χ0) is 12.1. The standard InChI is InChI=1S/C14H14O2S.Li.H/c1-15-11-7-3-5-9-13(11)17-14-10-6-4-8-12(14)16-2;;/h3-10H,1-2H3;;/q;+1;-1. The van der Waals surface area contributed by atoms with Crippen LogP contribution in [0.5, 0.6) is 11.5 Å². The third-order valence-electron chi connectivity index (χ3n) is 2.36. The molecule has 0 saturated heterocycles. The minimum atomic E-state index is 0. The van der Waals surface area contributed by atoms with Crippen LogP contribution >= 0.6 is 11.8 Å². The van der Waals surface area contributed by atoms with E-state index in [-0.39, 0.29) is 20.3 Å². The van der Waals surface area contributed by atoms with Crippen LogP contribution in [-0.4, -0.2) is 14.2 Å². The fourth-order valence-electron chi connectivity index (χ4n) is 1.52. The summed E-state index contributed by atoms with van der Waals surface area (Å²) in [4.78, 5) is 2.17. The minimum absolute atomic E-state index is 0. The number of para-hydroxylation sites is 2. The van der Waals surface area contributed by atoms with E-state index >= 15 is 0 Å². The molecule has 2 aromatic carbocycles.